The lowest BCUT2D eigenvalue weighted by atomic mass is 10.0. The second-order valence-corrected chi connectivity index (χ2v) is 7.96. The van der Waals surface area contributed by atoms with Gasteiger partial charge in [-0.25, -0.2) is 0 Å². The SMILES string of the molecule is O=C(NC(Cc1ccccc1)C(=O)Nc1ccccc1Cc1ccccc1)C(Cl)Cl. The predicted molar refractivity (Wildman–Crippen MR) is 122 cm³/mol. The number of amides is 2. The Kier molecular flexibility index (Phi) is 7.89. The van der Waals surface area contributed by atoms with E-state index in [1.165, 1.54) is 0 Å². The molecular weight excluding hydrogens is 419 g/mol. The molecule has 1 unspecified atom stereocenters. The number of carbonyl (C=O) groups is 2. The summed E-state index contributed by atoms with van der Waals surface area (Å²) in [5.74, 6) is -0.936. The molecule has 3 aromatic rings. The highest BCUT2D eigenvalue weighted by molar-refractivity contribution is 6.53. The standard InChI is InChI=1S/C24H22Cl2N2O2/c25-22(26)24(30)28-21(16-18-11-5-2-6-12-18)23(29)27-20-14-8-7-13-19(20)15-17-9-3-1-4-10-17/h1-14,21-22H,15-16H2,(H,27,29)(H,28,30). The van der Waals surface area contributed by atoms with Gasteiger partial charge in [-0.2, -0.15) is 0 Å². The molecule has 0 bridgehead atoms. The predicted octanol–water partition coefficient (Wildman–Crippen LogP) is 4.75. The van der Waals surface area contributed by atoms with Crippen molar-refractivity contribution < 1.29 is 9.59 Å². The van der Waals surface area contributed by atoms with Gasteiger partial charge in [0.05, 0.1) is 0 Å². The molecule has 1 atom stereocenters. The summed E-state index contributed by atoms with van der Waals surface area (Å²) in [5, 5.41) is 5.59. The van der Waals surface area contributed by atoms with E-state index in [-0.39, 0.29) is 5.91 Å². The minimum absolute atomic E-state index is 0.319. The van der Waals surface area contributed by atoms with Crippen molar-refractivity contribution in [3.05, 3.63) is 102 Å². The number of para-hydroxylation sites is 1. The Hall–Kier alpha value is -2.82. The smallest absolute Gasteiger partial charge is 0.253 e. The van der Waals surface area contributed by atoms with Gasteiger partial charge >= 0.3 is 0 Å². The van der Waals surface area contributed by atoms with Crippen LogP contribution >= 0.6 is 23.2 Å². The van der Waals surface area contributed by atoms with E-state index in [1.807, 2.05) is 84.9 Å². The third-order valence-electron chi connectivity index (χ3n) is 4.63. The molecule has 2 N–H and O–H groups in total. The number of carbonyl (C=O) groups excluding carboxylic acids is 2. The van der Waals surface area contributed by atoms with E-state index in [4.69, 9.17) is 23.2 Å². The Morgan fingerprint density at radius 3 is 1.93 bits per heavy atom. The molecule has 0 heterocycles. The molecule has 6 heteroatoms. The number of halogens is 2. The van der Waals surface area contributed by atoms with Gasteiger partial charge in [-0.1, -0.05) is 102 Å². The Labute approximate surface area is 186 Å². The monoisotopic (exact) mass is 440 g/mol. The lowest BCUT2D eigenvalue weighted by molar-refractivity contribution is -0.125. The largest absolute Gasteiger partial charge is 0.342 e. The quantitative estimate of drug-likeness (QED) is 0.496. The van der Waals surface area contributed by atoms with E-state index < -0.39 is 16.8 Å². The second kappa shape index (κ2) is 10.8. The zero-order valence-electron chi connectivity index (χ0n) is 16.2. The zero-order valence-corrected chi connectivity index (χ0v) is 17.7. The minimum Gasteiger partial charge on any atom is -0.342 e. The van der Waals surface area contributed by atoms with Crippen molar-refractivity contribution in [2.45, 2.75) is 23.7 Å². The van der Waals surface area contributed by atoms with Crippen LogP contribution in [0.1, 0.15) is 16.7 Å². The van der Waals surface area contributed by atoms with Crippen molar-refractivity contribution in [3.8, 4) is 0 Å². The topological polar surface area (TPSA) is 58.2 Å². The summed E-state index contributed by atoms with van der Waals surface area (Å²) in [6, 6.07) is 26.3. The molecule has 0 spiro atoms. The summed E-state index contributed by atoms with van der Waals surface area (Å²) < 4.78 is 0. The molecule has 0 fully saturated rings. The molecule has 0 saturated carbocycles. The van der Waals surface area contributed by atoms with Crippen molar-refractivity contribution >= 4 is 40.7 Å². The molecule has 0 saturated heterocycles. The van der Waals surface area contributed by atoms with Crippen LogP contribution in [-0.4, -0.2) is 22.7 Å². The lowest BCUT2D eigenvalue weighted by Gasteiger charge is -2.20. The van der Waals surface area contributed by atoms with E-state index in [0.717, 1.165) is 16.7 Å². The Morgan fingerprint density at radius 1 is 0.733 bits per heavy atom. The summed E-state index contributed by atoms with van der Waals surface area (Å²) >= 11 is 11.4. The van der Waals surface area contributed by atoms with Crippen molar-refractivity contribution in [1.29, 1.82) is 0 Å². The fourth-order valence-electron chi connectivity index (χ4n) is 3.13. The van der Waals surface area contributed by atoms with Crippen molar-refractivity contribution in [2.24, 2.45) is 0 Å². The van der Waals surface area contributed by atoms with Crippen molar-refractivity contribution in [1.82, 2.24) is 5.32 Å². The maximum atomic E-state index is 13.1. The number of alkyl halides is 2. The molecule has 4 nitrogen and oxygen atoms in total. The van der Waals surface area contributed by atoms with Gasteiger partial charge in [-0.15, -0.1) is 0 Å². The van der Waals surface area contributed by atoms with Gasteiger partial charge in [-0.3, -0.25) is 9.59 Å². The number of hydrogen-bond acceptors (Lipinski definition) is 2. The number of benzene rings is 3. The second-order valence-electron chi connectivity index (χ2n) is 6.86. The van der Waals surface area contributed by atoms with Gasteiger partial charge in [0.1, 0.15) is 6.04 Å². The molecule has 0 aromatic heterocycles. The third kappa shape index (κ3) is 6.34. The van der Waals surface area contributed by atoms with Gasteiger partial charge in [-0.05, 0) is 29.2 Å². The van der Waals surface area contributed by atoms with Crippen LogP contribution in [0.25, 0.3) is 0 Å². The normalized spacial score (nSPS) is 11.7. The summed E-state index contributed by atoms with van der Waals surface area (Å²) in [4.78, 5) is 23.9. The third-order valence-corrected chi connectivity index (χ3v) is 5.02. The van der Waals surface area contributed by atoms with Crippen LogP contribution in [0.15, 0.2) is 84.9 Å². The maximum absolute atomic E-state index is 13.1. The molecule has 154 valence electrons. The Morgan fingerprint density at radius 2 is 1.30 bits per heavy atom. The van der Waals surface area contributed by atoms with Crippen LogP contribution in [-0.2, 0) is 22.4 Å². The van der Waals surface area contributed by atoms with E-state index in [1.54, 1.807) is 0 Å². The molecular formula is C24H22Cl2N2O2. The number of rotatable bonds is 8. The van der Waals surface area contributed by atoms with E-state index in [9.17, 15) is 9.59 Å². The molecule has 30 heavy (non-hydrogen) atoms. The molecule has 0 aliphatic heterocycles. The molecule has 0 aliphatic rings. The van der Waals surface area contributed by atoms with Crippen LogP contribution in [0.5, 0.6) is 0 Å². The van der Waals surface area contributed by atoms with E-state index in [2.05, 4.69) is 10.6 Å². The summed E-state index contributed by atoms with van der Waals surface area (Å²) in [7, 11) is 0. The summed E-state index contributed by atoms with van der Waals surface area (Å²) in [6.07, 6.45) is 0.998. The first-order valence-electron chi connectivity index (χ1n) is 9.58. The van der Waals surface area contributed by atoms with Gasteiger partial charge < -0.3 is 10.6 Å². The number of nitrogens with one attached hydrogen (secondary N) is 2. The number of anilines is 1. The van der Waals surface area contributed by atoms with Crippen LogP contribution in [0, 0.1) is 0 Å². The number of hydrogen-bond donors (Lipinski definition) is 2. The van der Waals surface area contributed by atoms with Gasteiger partial charge in [0, 0.05) is 12.1 Å². The first-order chi connectivity index (χ1) is 14.5. The first-order valence-corrected chi connectivity index (χ1v) is 10.5. The highest BCUT2D eigenvalue weighted by Gasteiger charge is 2.24. The average molecular weight is 441 g/mol. The lowest BCUT2D eigenvalue weighted by Crippen LogP contribution is -2.47. The van der Waals surface area contributed by atoms with E-state index in [0.29, 0.717) is 18.5 Å². The summed E-state index contributed by atoms with van der Waals surface area (Å²) in [6.45, 7) is 0. The first kappa shape index (κ1) is 21.9. The maximum Gasteiger partial charge on any atom is 0.253 e. The molecule has 2 amide bonds. The van der Waals surface area contributed by atoms with Crippen LogP contribution in [0.3, 0.4) is 0 Å². The van der Waals surface area contributed by atoms with Crippen molar-refractivity contribution in [3.63, 3.8) is 0 Å². The van der Waals surface area contributed by atoms with Gasteiger partial charge in [0.15, 0.2) is 4.84 Å². The minimum atomic E-state index is -1.25. The molecule has 3 rings (SSSR count). The fourth-order valence-corrected chi connectivity index (χ4v) is 3.25. The molecule has 3 aromatic carbocycles. The zero-order chi connectivity index (χ0) is 21.3. The Balaban J connectivity index is 1.78. The Bertz CT molecular complexity index is 979. The van der Waals surface area contributed by atoms with Gasteiger partial charge in [0.25, 0.3) is 5.91 Å². The van der Waals surface area contributed by atoms with Crippen molar-refractivity contribution in [2.75, 3.05) is 5.32 Å². The highest BCUT2D eigenvalue weighted by Crippen LogP contribution is 2.20. The van der Waals surface area contributed by atoms with Crippen LogP contribution in [0.2, 0.25) is 0 Å². The van der Waals surface area contributed by atoms with Crippen LogP contribution < -0.4 is 10.6 Å². The highest BCUT2D eigenvalue weighted by atomic mass is 35.5. The summed E-state index contributed by atoms with van der Waals surface area (Å²) in [5.41, 5.74) is 3.73. The molecule has 0 aliphatic carbocycles. The molecule has 0 radical (unpaired) electrons. The van der Waals surface area contributed by atoms with Gasteiger partial charge in [0.2, 0.25) is 5.91 Å². The average Bonchev–Trinajstić information content (AvgIpc) is 2.76. The van der Waals surface area contributed by atoms with E-state index >= 15 is 0 Å². The fraction of sp³-hybridized carbons (Fsp3) is 0.167. The van der Waals surface area contributed by atoms with Crippen LogP contribution in [0.4, 0.5) is 5.69 Å².